The summed E-state index contributed by atoms with van der Waals surface area (Å²) in [4.78, 5) is 16.0. The van der Waals surface area contributed by atoms with E-state index in [4.69, 9.17) is 25.5 Å². The van der Waals surface area contributed by atoms with Crippen molar-refractivity contribution in [1.29, 1.82) is 0 Å². The predicted molar refractivity (Wildman–Crippen MR) is 101 cm³/mol. The van der Waals surface area contributed by atoms with Gasteiger partial charge >= 0.3 is 0 Å². The van der Waals surface area contributed by atoms with Crippen molar-refractivity contribution < 1.29 is 18.7 Å². The zero-order valence-electron chi connectivity index (χ0n) is 14.4. The lowest BCUT2D eigenvalue weighted by molar-refractivity contribution is -0.113. The Morgan fingerprint density at radius 2 is 1.93 bits per heavy atom. The number of pyridine rings is 1. The molecule has 0 atom stereocenters. The van der Waals surface area contributed by atoms with Gasteiger partial charge in [0.15, 0.2) is 0 Å². The van der Waals surface area contributed by atoms with Gasteiger partial charge in [0.05, 0.1) is 25.0 Å². The standard InChI is InChI=1S/C17H15ClN4O4S/c1-24-12-5-10(6-13(7-12)25-2)16-21-22-17(26-16)27-9-15(23)20-14-4-3-11(18)8-19-14/h3-8H,9H2,1-2H3,(H,19,20,23). The SMILES string of the molecule is COc1cc(OC)cc(-c2nnc(SCC(=O)Nc3ccc(Cl)cn3)o2)c1. The van der Waals surface area contributed by atoms with Crippen LogP contribution in [0.5, 0.6) is 11.5 Å². The topological polar surface area (TPSA) is 99.4 Å². The van der Waals surface area contributed by atoms with Gasteiger partial charge in [-0.3, -0.25) is 4.79 Å². The largest absolute Gasteiger partial charge is 0.497 e. The molecule has 140 valence electrons. The summed E-state index contributed by atoms with van der Waals surface area (Å²) in [6, 6.07) is 8.51. The smallest absolute Gasteiger partial charge is 0.277 e. The number of ether oxygens (including phenoxy) is 2. The molecule has 0 aliphatic carbocycles. The van der Waals surface area contributed by atoms with Crippen molar-refractivity contribution >= 4 is 35.1 Å². The molecule has 0 bridgehead atoms. The first-order chi connectivity index (χ1) is 13.1. The van der Waals surface area contributed by atoms with Crippen molar-refractivity contribution in [3.63, 3.8) is 0 Å². The quantitative estimate of drug-likeness (QED) is 0.595. The highest BCUT2D eigenvalue weighted by Crippen LogP contribution is 2.30. The van der Waals surface area contributed by atoms with Crippen LogP contribution < -0.4 is 14.8 Å². The van der Waals surface area contributed by atoms with E-state index in [1.165, 1.54) is 6.20 Å². The van der Waals surface area contributed by atoms with Gasteiger partial charge in [0.25, 0.3) is 5.22 Å². The highest BCUT2D eigenvalue weighted by Gasteiger charge is 2.13. The lowest BCUT2D eigenvalue weighted by atomic mass is 10.2. The van der Waals surface area contributed by atoms with Crippen LogP contribution in [0.25, 0.3) is 11.5 Å². The number of hydrogen-bond acceptors (Lipinski definition) is 8. The van der Waals surface area contributed by atoms with E-state index < -0.39 is 0 Å². The second-order valence-electron chi connectivity index (χ2n) is 5.17. The van der Waals surface area contributed by atoms with Crippen LogP contribution in [0.15, 0.2) is 46.2 Å². The van der Waals surface area contributed by atoms with Gasteiger partial charge in [0, 0.05) is 17.8 Å². The van der Waals surface area contributed by atoms with Crippen molar-refractivity contribution in [2.75, 3.05) is 25.3 Å². The molecule has 0 saturated carbocycles. The van der Waals surface area contributed by atoms with E-state index in [0.717, 1.165) is 11.8 Å². The highest BCUT2D eigenvalue weighted by atomic mass is 35.5. The van der Waals surface area contributed by atoms with E-state index in [-0.39, 0.29) is 16.9 Å². The lowest BCUT2D eigenvalue weighted by Gasteiger charge is -2.05. The van der Waals surface area contributed by atoms with Crippen LogP contribution in [0.4, 0.5) is 5.82 Å². The van der Waals surface area contributed by atoms with E-state index in [0.29, 0.717) is 33.8 Å². The molecular weight excluding hydrogens is 392 g/mol. The normalized spacial score (nSPS) is 10.5. The molecule has 27 heavy (non-hydrogen) atoms. The minimum absolute atomic E-state index is 0.0906. The molecule has 0 saturated heterocycles. The zero-order chi connectivity index (χ0) is 19.2. The molecule has 0 unspecified atom stereocenters. The second kappa shape index (κ2) is 8.74. The summed E-state index contributed by atoms with van der Waals surface area (Å²) in [5.41, 5.74) is 0.653. The van der Waals surface area contributed by atoms with Gasteiger partial charge < -0.3 is 19.2 Å². The Hall–Kier alpha value is -2.78. The monoisotopic (exact) mass is 406 g/mol. The van der Waals surface area contributed by atoms with Gasteiger partial charge in [-0.2, -0.15) is 0 Å². The summed E-state index contributed by atoms with van der Waals surface area (Å²) < 4.78 is 16.1. The molecule has 3 aromatic rings. The molecule has 3 rings (SSSR count). The van der Waals surface area contributed by atoms with Gasteiger partial charge in [0.2, 0.25) is 11.8 Å². The summed E-state index contributed by atoms with van der Waals surface area (Å²) >= 11 is 6.88. The number of halogens is 1. The van der Waals surface area contributed by atoms with Gasteiger partial charge in [-0.25, -0.2) is 4.98 Å². The Balaban J connectivity index is 1.62. The molecule has 10 heteroatoms. The molecule has 0 spiro atoms. The van der Waals surface area contributed by atoms with Crippen LogP contribution in [-0.4, -0.2) is 41.1 Å². The lowest BCUT2D eigenvalue weighted by Crippen LogP contribution is -2.14. The number of nitrogens with zero attached hydrogens (tertiary/aromatic N) is 3. The Morgan fingerprint density at radius 1 is 1.19 bits per heavy atom. The molecule has 1 amide bonds. The van der Waals surface area contributed by atoms with Gasteiger partial charge in [0.1, 0.15) is 17.3 Å². The summed E-state index contributed by atoms with van der Waals surface area (Å²) in [5, 5.41) is 11.4. The van der Waals surface area contributed by atoms with Gasteiger partial charge in [-0.05, 0) is 24.3 Å². The van der Waals surface area contributed by atoms with Crippen molar-refractivity contribution in [2.24, 2.45) is 0 Å². The minimum Gasteiger partial charge on any atom is -0.497 e. The van der Waals surface area contributed by atoms with Crippen LogP contribution >= 0.6 is 23.4 Å². The average Bonchev–Trinajstić information content (AvgIpc) is 3.17. The Labute approximate surface area is 164 Å². The van der Waals surface area contributed by atoms with Gasteiger partial charge in [-0.1, -0.05) is 23.4 Å². The van der Waals surface area contributed by atoms with E-state index in [9.17, 15) is 4.79 Å². The maximum absolute atomic E-state index is 12.0. The molecule has 0 radical (unpaired) electrons. The molecule has 1 N–H and O–H groups in total. The molecule has 0 aliphatic rings. The number of carbonyl (C=O) groups is 1. The molecular formula is C17H15ClN4O4S. The number of hydrogen-bond donors (Lipinski definition) is 1. The number of thioether (sulfide) groups is 1. The average molecular weight is 407 g/mol. The summed E-state index contributed by atoms with van der Waals surface area (Å²) in [6.07, 6.45) is 1.46. The molecule has 2 aromatic heterocycles. The van der Waals surface area contributed by atoms with Crippen molar-refractivity contribution in [3.05, 3.63) is 41.6 Å². The van der Waals surface area contributed by atoms with Crippen LogP contribution in [0.1, 0.15) is 0 Å². The van der Waals surface area contributed by atoms with Gasteiger partial charge in [-0.15, -0.1) is 10.2 Å². The fraction of sp³-hybridized carbons (Fsp3) is 0.176. The van der Waals surface area contributed by atoms with E-state index in [1.807, 2.05) is 0 Å². The Kier molecular flexibility index (Phi) is 6.15. The number of rotatable bonds is 7. The van der Waals surface area contributed by atoms with E-state index in [2.05, 4.69) is 20.5 Å². The molecule has 1 aromatic carbocycles. The maximum atomic E-state index is 12.0. The first-order valence-corrected chi connectivity index (χ1v) is 9.05. The number of methoxy groups -OCH3 is 2. The number of nitrogens with one attached hydrogen (secondary N) is 1. The van der Waals surface area contributed by atoms with Crippen molar-refractivity contribution in [2.45, 2.75) is 5.22 Å². The highest BCUT2D eigenvalue weighted by molar-refractivity contribution is 7.99. The molecule has 2 heterocycles. The Morgan fingerprint density at radius 3 is 2.56 bits per heavy atom. The van der Waals surface area contributed by atoms with E-state index >= 15 is 0 Å². The van der Waals surface area contributed by atoms with Crippen LogP contribution in [0.3, 0.4) is 0 Å². The summed E-state index contributed by atoms with van der Waals surface area (Å²) in [5.74, 6) is 1.76. The van der Waals surface area contributed by atoms with Crippen LogP contribution in [0, 0.1) is 0 Å². The third kappa shape index (κ3) is 5.11. The van der Waals surface area contributed by atoms with Crippen molar-refractivity contribution in [3.8, 4) is 23.0 Å². The summed E-state index contributed by atoms with van der Waals surface area (Å²) in [7, 11) is 3.11. The van der Waals surface area contributed by atoms with Crippen LogP contribution in [-0.2, 0) is 4.79 Å². The minimum atomic E-state index is -0.252. The van der Waals surface area contributed by atoms with E-state index in [1.54, 1.807) is 44.6 Å². The molecule has 0 aliphatic heterocycles. The maximum Gasteiger partial charge on any atom is 0.277 e. The summed E-state index contributed by atoms with van der Waals surface area (Å²) in [6.45, 7) is 0. The second-order valence-corrected chi connectivity index (χ2v) is 6.54. The Bertz CT molecular complexity index is 911. The molecule has 8 nitrogen and oxygen atoms in total. The fourth-order valence-electron chi connectivity index (χ4n) is 2.07. The number of aromatic nitrogens is 3. The van der Waals surface area contributed by atoms with Crippen LogP contribution in [0.2, 0.25) is 5.02 Å². The number of amides is 1. The number of anilines is 1. The third-order valence-electron chi connectivity index (χ3n) is 3.33. The zero-order valence-corrected chi connectivity index (χ0v) is 16.0. The fourth-order valence-corrected chi connectivity index (χ4v) is 2.75. The molecule has 0 fully saturated rings. The predicted octanol–water partition coefficient (Wildman–Crippen LogP) is 3.53. The van der Waals surface area contributed by atoms with Crippen molar-refractivity contribution in [1.82, 2.24) is 15.2 Å². The first kappa shape index (κ1) is 19.0. The first-order valence-electron chi connectivity index (χ1n) is 7.68. The number of benzene rings is 1. The number of carbonyl (C=O) groups excluding carboxylic acids is 1. The third-order valence-corrected chi connectivity index (χ3v) is 4.37.